The third-order valence-corrected chi connectivity index (χ3v) is 2.12. The zero-order valence-electron chi connectivity index (χ0n) is 6.89. The lowest BCUT2D eigenvalue weighted by Crippen LogP contribution is -2.18. The highest BCUT2D eigenvalue weighted by atomic mass is 79.9. The largest absolute Gasteiger partial charge is 0.346 e. The van der Waals surface area contributed by atoms with Crippen LogP contribution >= 0.6 is 27.5 Å². The molecule has 70 valence electrons. The van der Waals surface area contributed by atoms with Crippen LogP contribution in [0.5, 0.6) is 0 Å². The second-order valence-corrected chi connectivity index (χ2v) is 3.73. The van der Waals surface area contributed by atoms with Crippen LogP contribution in [0.15, 0.2) is 24.3 Å². The van der Waals surface area contributed by atoms with Crippen molar-refractivity contribution in [2.45, 2.75) is 6.42 Å². The van der Waals surface area contributed by atoms with E-state index in [9.17, 15) is 4.79 Å². The maximum atomic E-state index is 10.5. The van der Waals surface area contributed by atoms with Gasteiger partial charge in [-0.1, -0.05) is 23.7 Å². The van der Waals surface area contributed by atoms with Gasteiger partial charge in [0.1, 0.15) is 0 Å². The van der Waals surface area contributed by atoms with Crippen molar-refractivity contribution in [3.8, 4) is 0 Å². The fraction of sp³-hybridized carbons (Fsp3) is 0.222. The molecule has 1 N–H and O–H groups in total. The van der Waals surface area contributed by atoms with E-state index in [1.54, 1.807) is 0 Å². The maximum absolute atomic E-state index is 10.5. The third-order valence-electron chi connectivity index (χ3n) is 1.59. The van der Waals surface area contributed by atoms with Crippen molar-refractivity contribution < 1.29 is 4.79 Å². The zero-order chi connectivity index (χ0) is 9.68. The van der Waals surface area contributed by atoms with E-state index in [-0.39, 0.29) is 4.82 Å². The van der Waals surface area contributed by atoms with Crippen LogP contribution in [0.3, 0.4) is 0 Å². The molecule has 0 aliphatic heterocycles. The lowest BCUT2D eigenvalue weighted by molar-refractivity contribution is 0.262. The predicted octanol–water partition coefficient (Wildman–Crippen LogP) is 2.99. The monoisotopic (exact) mass is 261 g/mol. The van der Waals surface area contributed by atoms with Crippen molar-refractivity contribution in [1.82, 2.24) is 5.32 Å². The molecule has 1 rings (SSSR count). The number of amides is 1. The van der Waals surface area contributed by atoms with Gasteiger partial charge in [-0.15, -0.1) is 0 Å². The van der Waals surface area contributed by atoms with Crippen molar-refractivity contribution in [3.63, 3.8) is 0 Å². The van der Waals surface area contributed by atoms with Gasteiger partial charge >= 0.3 is 0 Å². The number of carbonyl (C=O) groups is 1. The van der Waals surface area contributed by atoms with Gasteiger partial charge in [-0.2, -0.15) is 0 Å². The Labute approximate surface area is 90.4 Å². The molecule has 0 bridgehead atoms. The fourth-order valence-corrected chi connectivity index (χ4v) is 1.28. The molecular weight excluding hydrogens is 253 g/mol. The van der Waals surface area contributed by atoms with E-state index in [4.69, 9.17) is 11.6 Å². The van der Waals surface area contributed by atoms with Crippen LogP contribution in [-0.4, -0.2) is 11.4 Å². The van der Waals surface area contributed by atoms with Gasteiger partial charge in [-0.05, 0) is 24.1 Å². The van der Waals surface area contributed by atoms with Gasteiger partial charge in [0.15, 0.2) is 0 Å². The van der Waals surface area contributed by atoms with Crippen LogP contribution in [0.2, 0.25) is 5.02 Å². The van der Waals surface area contributed by atoms with E-state index < -0.39 is 0 Å². The smallest absolute Gasteiger partial charge is 0.287 e. The molecule has 0 saturated carbocycles. The highest BCUT2D eigenvalue weighted by Crippen LogP contribution is 2.09. The second kappa shape index (κ2) is 5.25. The number of rotatable bonds is 3. The van der Waals surface area contributed by atoms with Crippen LogP contribution in [0.4, 0.5) is 4.79 Å². The lowest BCUT2D eigenvalue weighted by Gasteiger charge is -2.01. The number of nitrogens with one attached hydrogen (secondary N) is 1. The molecule has 1 aromatic rings. The highest BCUT2D eigenvalue weighted by molar-refractivity contribution is 9.18. The first-order valence-corrected chi connectivity index (χ1v) is 5.03. The van der Waals surface area contributed by atoms with Gasteiger partial charge < -0.3 is 5.32 Å². The van der Waals surface area contributed by atoms with E-state index in [0.29, 0.717) is 6.54 Å². The quantitative estimate of drug-likeness (QED) is 0.658. The van der Waals surface area contributed by atoms with Gasteiger partial charge in [0.05, 0.1) is 0 Å². The molecule has 0 saturated heterocycles. The van der Waals surface area contributed by atoms with Crippen LogP contribution in [0.25, 0.3) is 0 Å². The lowest BCUT2D eigenvalue weighted by atomic mass is 10.1. The van der Waals surface area contributed by atoms with E-state index in [1.165, 1.54) is 0 Å². The molecule has 13 heavy (non-hydrogen) atoms. The van der Waals surface area contributed by atoms with Crippen LogP contribution in [-0.2, 0) is 6.42 Å². The molecule has 0 aliphatic carbocycles. The van der Waals surface area contributed by atoms with Crippen LogP contribution in [0, 0.1) is 0 Å². The van der Waals surface area contributed by atoms with Crippen molar-refractivity contribution in [1.29, 1.82) is 0 Å². The fourth-order valence-electron chi connectivity index (χ4n) is 0.956. The molecule has 0 atom stereocenters. The highest BCUT2D eigenvalue weighted by Gasteiger charge is 1.95. The van der Waals surface area contributed by atoms with Gasteiger partial charge in [0.25, 0.3) is 4.82 Å². The number of halogens is 2. The summed E-state index contributed by atoms with van der Waals surface area (Å²) in [6.45, 7) is 0.631. The van der Waals surface area contributed by atoms with E-state index in [0.717, 1.165) is 17.0 Å². The predicted molar refractivity (Wildman–Crippen MR) is 57.5 cm³/mol. The summed E-state index contributed by atoms with van der Waals surface area (Å²) < 4.78 is 0. The summed E-state index contributed by atoms with van der Waals surface area (Å²) in [6.07, 6.45) is 0.814. The Bertz CT molecular complexity index is 286. The normalized spacial score (nSPS) is 9.69. The molecule has 1 aromatic carbocycles. The van der Waals surface area contributed by atoms with Gasteiger partial charge in [0, 0.05) is 27.5 Å². The van der Waals surface area contributed by atoms with Crippen molar-refractivity contribution in [2.24, 2.45) is 0 Å². The minimum absolute atomic E-state index is 0.179. The van der Waals surface area contributed by atoms with E-state index in [1.807, 2.05) is 24.3 Å². The molecule has 0 aliphatic rings. The molecule has 4 heteroatoms. The van der Waals surface area contributed by atoms with Gasteiger partial charge in [-0.25, -0.2) is 0 Å². The topological polar surface area (TPSA) is 29.1 Å². The Morgan fingerprint density at radius 3 is 2.54 bits per heavy atom. The van der Waals surface area contributed by atoms with Gasteiger partial charge in [0.2, 0.25) is 0 Å². The zero-order valence-corrected chi connectivity index (χ0v) is 9.23. The summed E-state index contributed by atoms with van der Waals surface area (Å²) in [6, 6.07) is 7.57. The van der Waals surface area contributed by atoms with Crippen molar-refractivity contribution in [2.75, 3.05) is 6.54 Å². The Hall–Kier alpha value is -0.540. The Balaban J connectivity index is 2.37. The van der Waals surface area contributed by atoms with Crippen molar-refractivity contribution >= 4 is 32.3 Å². The third kappa shape index (κ3) is 4.29. The molecule has 0 unspecified atom stereocenters. The summed E-state index contributed by atoms with van der Waals surface area (Å²) in [5, 5.41) is 3.38. The molecule has 0 aromatic heterocycles. The second-order valence-electron chi connectivity index (χ2n) is 2.58. The summed E-state index contributed by atoms with van der Waals surface area (Å²) in [5.74, 6) is 0. The first kappa shape index (κ1) is 10.5. The molecule has 0 radical (unpaired) electrons. The summed E-state index contributed by atoms with van der Waals surface area (Å²) >= 11 is 8.51. The summed E-state index contributed by atoms with van der Waals surface area (Å²) in [4.78, 5) is 10.3. The van der Waals surface area contributed by atoms with Crippen LogP contribution in [0.1, 0.15) is 5.56 Å². The standard InChI is InChI=1S/C9H9BrClNO/c10-9(13)12-6-5-7-1-3-8(11)4-2-7/h1-4H,5-6H2,(H,12,13). The molecular formula is C9H9BrClNO. The van der Waals surface area contributed by atoms with E-state index in [2.05, 4.69) is 21.2 Å². The number of benzene rings is 1. The molecule has 0 fully saturated rings. The average Bonchev–Trinajstić information content (AvgIpc) is 2.08. The Kier molecular flexibility index (Phi) is 4.25. The summed E-state index contributed by atoms with van der Waals surface area (Å²) in [5.41, 5.74) is 1.16. The Morgan fingerprint density at radius 1 is 1.38 bits per heavy atom. The number of hydrogen-bond acceptors (Lipinski definition) is 1. The first-order chi connectivity index (χ1) is 6.18. The SMILES string of the molecule is O=C(Br)NCCc1ccc(Cl)cc1. The van der Waals surface area contributed by atoms with Crippen LogP contribution < -0.4 is 5.32 Å². The van der Waals surface area contributed by atoms with E-state index >= 15 is 0 Å². The number of hydrogen-bond donors (Lipinski definition) is 1. The molecule has 2 nitrogen and oxygen atoms in total. The molecule has 0 heterocycles. The Morgan fingerprint density at radius 2 is 2.00 bits per heavy atom. The number of carbonyl (C=O) groups excluding carboxylic acids is 1. The van der Waals surface area contributed by atoms with Gasteiger partial charge in [-0.3, -0.25) is 4.79 Å². The summed E-state index contributed by atoms with van der Waals surface area (Å²) in [7, 11) is 0. The minimum Gasteiger partial charge on any atom is -0.346 e. The molecule has 0 spiro atoms. The van der Waals surface area contributed by atoms with Crippen molar-refractivity contribution in [3.05, 3.63) is 34.9 Å². The average molecular weight is 263 g/mol. The first-order valence-electron chi connectivity index (χ1n) is 3.86. The maximum Gasteiger partial charge on any atom is 0.287 e. The molecule has 1 amide bonds. The minimum atomic E-state index is -0.179.